The number of fused-ring (bicyclic) bond motifs is 1. The third-order valence-electron chi connectivity index (χ3n) is 4.91. The number of rotatable bonds is 4. The molecule has 0 aliphatic carbocycles. The first kappa shape index (κ1) is 24.8. The van der Waals surface area contributed by atoms with Crippen LogP contribution in [0.3, 0.4) is 0 Å². The monoisotopic (exact) mass is 479 g/mol. The number of carbonyl (C=O) groups is 2. The zero-order valence-corrected chi connectivity index (χ0v) is 18.1. The van der Waals surface area contributed by atoms with Crippen LogP contribution in [0.15, 0.2) is 12.1 Å². The molecule has 3 rings (SSSR count). The Morgan fingerprint density at radius 1 is 1.09 bits per heavy atom. The quantitative estimate of drug-likeness (QED) is 0.662. The topological polar surface area (TPSA) is 79.3 Å². The summed E-state index contributed by atoms with van der Waals surface area (Å²) in [6, 6.07) is 0.692. The lowest BCUT2D eigenvalue weighted by molar-refractivity contribution is -0.161. The van der Waals surface area contributed by atoms with E-state index in [1.807, 2.05) is 0 Å². The fourth-order valence-electron chi connectivity index (χ4n) is 3.57. The van der Waals surface area contributed by atoms with Crippen LogP contribution in [0.2, 0.25) is 0 Å². The summed E-state index contributed by atoms with van der Waals surface area (Å²) >= 11 is 0. The van der Waals surface area contributed by atoms with Crippen molar-refractivity contribution in [1.29, 1.82) is 0 Å². The molecule has 0 spiro atoms. The minimum atomic E-state index is -5.28. The Labute approximate surface area is 185 Å². The van der Waals surface area contributed by atoms with Gasteiger partial charge in [-0.05, 0) is 32.9 Å². The first-order valence-electron chi connectivity index (χ1n) is 10.0. The lowest BCUT2D eigenvalue weighted by atomic mass is 10.1. The average molecular weight is 479 g/mol. The molecule has 0 atom stereocenters. The van der Waals surface area contributed by atoms with Gasteiger partial charge in [-0.3, -0.25) is 9.59 Å². The molecule has 7 nitrogen and oxygen atoms in total. The van der Waals surface area contributed by atoms with Gasteiger partial charge in [0, 0.05) is 18.6 Å². The molecule has 1 fully saturated rings. The number of nitrogens with one attached hydrogen (secondary N) is 2. The van der Waals surface area contributed by atoms with Crippen LogP contribution < -0.4 is 10.6 Å². The molecule has 0 radical (unpaired) electrons. The number of amides is 2. The molecule has 2 amide bonds. The number of hydrogen-bond acceptors (Lipinski definition) is 4. The molecule has 2 heterocycles. The Morgan fingerprint density at radius 2 is 1.70 bits per heavy atom. The molecule has 0 unspecified atom stereocenters. The van der Waals surface area contributed by atoms with Gasteiger partial charge in [-0.15, -0.1) is 0 Å². The van der Waals surface area contributed by atoms with Gasteiger partial charge in [0.2, 0.25) is 11.8 Å². The van der Waals surface area contributed by atoms with E-state index in [1.54, 1.807) is 20.8 Å². The summed E-state index contributed by atoms with van der Waals surface area (Å²) in [5.74, 6) is -0.856. The molecule has 2 aromatic rings. The number of nitrogens with zero attached hydrogens (tertiary/aromatic N) is 3. The highest BCUT2D eigenvalue weighted by Crippen LogP contribution is 2.42. The molecule has 1 aliphatic heterocycles. The van der Waals surface area contributed by atoms with E-state index in [-0.39, 0.29) is 42.4 Å². The van der Waals surface area contributed by atoms with E-state index < -0.39 is 41.5 Å². The SMILES string of the molecule is CC(C)(C)NC(=O)Cn1c(CN2CCNCC2=O)nc2cc(C(F)(F)F)c(C(F)(F)F)cc21. The number of piperazine rings is 1. The number of imidazole rings is 1. The fraction of sp³-hybridized carbons (Fsp3) is 0.550. The molecule has 33 heavy (non-hydrogen) atoms. The van der Waals surface area contributed by atoms with Crippen LogP contribution in [0.5, 0.6) is 0 Å². The van der Waals surface area contributed by atoms with Crippen molar-refractivity contribution in [3.8, 4) is 0 Å². The second-order valence-corrected chi connectivity index (χ2v) is 8.79. The average Bonchev–Trinajstić information content (AvgIpc) is 2.96. The molecule has 1 saturated heterocycles. The van der Waals surface area contributed by atoms with E-state index >= 15 is 0 Å². The number of aromatic nitrogens is 2. The van der Waals surface area contributed by atoms with Gasteiger partial charge in [0.1, 0.15) is 12.4 Å². The number of benzene rings is 1. The Bertz CT molecular complexity index is 1070. The molecule has 1 aliphatic rings. The van der Waals surface area contributed by atoms with Gasteiger partial charge in [0.15, 0.2) is 0 Å². The molecule has 0 bridgehead atoms. The Kier molecular flexibility index (Phi) is 6.39. The van der Waals surface area contributed by atoms with Crippen molar-refractivity contribution in [2.24, 2.45) is 0 Å². The maximum atomic E-state index is 13.5. The minimum absolute atomic E-state index is 0.0109. The molecule has 0 saturated carbocycles. The molecule has 1 aromatic heterocycles. The number of halogens is 6. The van der Waals surface area contributed by atoms with Gasteiger partial charge in [-0.1, -0.05) is 0 Å². The molecule has 13 heteroatoms. The predicted molar refractivity (Wildman–Crippen MR) is 106 cm³/mol. The predicted octanol–water partition coefficient (Wildman–Crippen LogP) is 2.92. The Balaban J connectivity index is 2.16. The van der Waals surface area contributed by atoms with Crippen LogP contribution in [0.25, 0.3) is 11.0 Å². The lowest BCUT2D eigenvalue weighted by Crippen LogP contribution is -2.48. The summed E-state index contributed by atoms with van der Waals surface area (Å²) in [6.07, 6.45) is -10.5. The van der Waals surface area contributed by atoms with E-state index in [1.165, 1.54) is 4.90 Å². The highest BCUT2D eigenvalue weighted by Gasteiger charge is 2.44. The van der Waals surface area contributed by atoms with Crippen molar-refractivity contribution >= 4 is 22.8 Å². The molecule has 1 aromatic carbocycles. The van der Waals surface area contributed by atoms with Gasteiger partial charge < -0.3 is 20.1 Å². The number of hydrogen-bond donors (Lipinski definition) is 2. The van der Waals surface area contributed by atoms with Gasteiger partial charge in [0.25, 0.3) is 0 Å². The summed E-state index contributed by atoms with van der Waals surface area (Å²) < 4.78 is 81.7. The number of carbonyl (C=O) groups excluding carboxylic acids is 2. The number of alkyl halides is 6. The van der Waals surface area contributed by atoms with Crippen LogP contribution in [0.1, 0.15) is 37.7 Å². The fourth-order valence-corrected chi connectivity index (χ4v) is 3.57. The Morgan fingerprint density at radius 3 is 2.24 bits per heavy atom. The van der Waals surface area contributed by atoms with Crippen LogP contribution >= 0.6 is 0 Å². The van der Waals surface area contributed by atoms with Crippen LogP contribution in [-0.2, 0) is 35.0 Å². The summed E-state index contributed by atoms with van der Waals surface area (Å²) in [7, 11) is 0. The Hall–Kier alpha value is -2.83. The van der Waals surface area contributed by atoms with E-state index in [0.717, 1.165) is 4.57 Å². The highest BCUT2D eigenvalue weighted by molar-refractivity contribution is 5.83. The summed E-state index contributed by atoms with van der Waals surface area (Å²) in [5.41, 5.74) is -5.02. The van der Waals surface area contributed by atoms with Crippen LogP contribution in [-0.4, -0.2) is 51.4 Å². The van der Waals surface area contributed by atoms with Crippen molar-refractivity contribution in [3.63, 3.8) is 0 Å². The first-order chi connectivity index (χ1) is 15.1. The maximum absolute atomic E-state index is 13.5. The van der Waals surface area contributed by atoms with Crippen molar-refractivity contribution in [2.75, 3.05) is 19.6 Å². The zero-order valence-electron chi connectivity index (χ0n) is 18.1. The maximum Gasteiger partial charge on any atom is 0.417 e. The van der Waals surface area contributed by atoms with E-state index in [4.69, 9.17) is 0 Å². The van der Waals surface area contributed by atoms with Crippen LogP contribution in [0.4, 0.5) is 26.3 Å². The zero-order chi connectivity index (χ0) is 24.8. The standard InChI is InChI=1S/C20H23F6N5O2/c1-18(2,3)29-16(32)10-31-14-7-12(20(24,25)26)11(19(21,22)23)6-13(14)28-15(31)9-30-5-4-27-8-17(30)33/h6-7,27H,4-5,8-10H2,1-3H3,(H,29,32). The molecule has 182 valence electrons. The van der Waals surface area contributed by atoms with Crippen molar-refractivity contribution in [1.82, 2.24) is 25.1 Å². The van der Waals surface area contributed by atoms with E-state index in [0.29, 0.717) is 18.7 Å². The second-order valence-electron chi connectivity index (χ2n) is 8.79. The molecular formula is C20H23F6N5O2. The second kappa shape index (κ2) is 8.50. The van der Waals surface area contributed by atoms with Gasteiger partial charge >= 0.3 is 12.4 Å². The van der Waals surface area contributed by atoms with E-state index in [2.05, 4.69) is 15.6 Å². The van der Waals surface area contributed by atoms with Crippen molar-refractivity contribution in [2.45, 2.75) is 51.8 Å². The summed E-state index contributed by atoms with van der Waals surface area (Å²) in [4.78, 5) is 30.2. The third-order valence-corrected chi connectivity index (χ3v) is 4.91. The van der Waals surface area contributed by atoms with Gasteiger partial charge in [0.05, 0.1) is 35.2 Å². The molecule has 2 N–H and O–H groups in total. The highest BCUT2D eigenvalue weighted by atomic mass is 19.4. The van der Waals surface area contributed by atoms with Crippen molar-refractivity contribution in [3.05, 3.63) is 29.1 Å². The largest absolute Gasteiger partial charge is 0.417 e. The molecular weight excluding hydrogens is 456 g/mol. The van der Waals surface area contributed by atoms with Crippen molar-refractivity contribution < 1.29 is 35.9 Å². The third kappa shape index (κ3) is 5.75. The smallest absolute Gasteiger partial charge is 0.350 e. The normalized spacial score (nSPS) is 15.9. The van der Waals surface area contributed by atoms with Gasteiger partial charge in [-0.25, -0.2) is 4.98 Å². The summed E-state index contributed by atoms with van der Waals surface area (Å²) in [5, 5.41) is 5.53. The summed E-state index contributed by atoms with van der Waals surface area (Å²) in [6.45, 7) is 5.25. The van der Waals surface area contributed by atoms with E-state index in [9.17, 15) is 35.9 Å². The lowest BCUT2D eigenvalue weighted by Gasteiger charge is -2.27. The minimum Gasteiger partial charge on any atom is -0.350 e. The van der Waals surface area contributed by atoms with Gasteiger partial charge in [-0.2, -0.15) is 26.3 Å². The first-order valence-corrected chi connectivity index (χ1v) is 10.0. The van der Waals surface area contributed by atoms with Crippen LogP contribution in [0, 0.1) is 0 Å².